The Morgan fingerprint density at radius 2 is 0.857 bits per heavy atom. The van der Waals surface area contributed by atoms with Crippen LogP contribution in [0.3, 0.4) is 0 Å². The van der Waals surface area contributed by atoms with Crippen molar-refractivity contribution < 1.29 is 27.0 Å². The van der Waals surface area contributed by atoms with Gasteiger partial charge in [-0.2, -0.15) is 17.6 Å². The summed E-state index contributed by atoms with van der Waals surface area (Å²) < 4.78 is 50.4. The van der Waals surface area contributed by atoms with E-state index in [9.17, 15) is 17.6 Å². The maximum atomic E-state index is 12.4. The summed E-state index contributed by atoms with van der Waals surface area (Å²) in [5.74, 6) is 0. The highest BCUT2D eigenvalue weighted by atomic mass is 35.5. The highest BCUT2D eigenvalue weighted by Gasteiger charge is 2.75. The van der Waals surface area contributed by atoms with Gasteiger partial charge in [0.05, 0.1) is 0 Å². The van der Waals surface area contributed by atoms with E-state index in [0.717, 1.165) is 0 Å². The second kappa shape index (κ2) is 3.15. The lowest BCUT2D eigenvalue weighted by Crippen LogP contribution is -2.62. The molecule has 0 unspecified atom stereocenters. The lowest BCUT2D eigenvalue weighted by Gasteiger charge is -2.43. The molecule has 84 valence electrons. The van der Waals surface area contributed by atoms with Crippen molar-refractivity contribution in [2.24, 2.45) is 0 Å². The van der Waals surface area contributed by atoms with E-state index in [2.05, 4.69) is 9.47 Å². The summed E-state index contributed by atoms with van der Waals surface area (Å²) in [5.41, 5.74) is 0. The molecule has 0 atom stereocenters. The van der Waals surface area contributed by atoms with Crippen LogP contribution in [0, 0.1) is 0 Å². The van der Waals surface area contributed by atoms with E-state index in [1.165, 1.54) is 0 Å². The molecule has 1 saturated heterocycles. The molecule has 1 heterocycles. The molecule has 0 N–H and O–H groups in total. The average molecular weight is 298 g/mol. The van der Waals surface area contributed by atoms with Crippen LogP contribution in [0.5, 0.6) is 0 Å². The van der Waals surface area contributed by atoms with Gasteiger partial charge in [-0.25, -0.2) is 0 Å². The Balaban J connectivity index is 3.07. The number of hydrogen-bond acceptors (Lipinski definition) is 2. The van der Waals surface area contributed by atoms with Crippen LogP contribution in [0.15, 0.2) is 0 Å². The molecule has 2 nitrogen and oxygen atoms in total. The van der Waals surface area contributed by atoms with Crippen molar-refractivity contribution in [2.45, 2.75) is 21.3 Å². The molecule has 0 aromatic rings. The van der Waals surface area contributed by atoms with E-state index in [-0.39, 0.29) is 0 Å². The van der Waals surface area contributed by atoms with Crippen LogP contribution >= 0.6 is 46.4 Å². The first kappa shape index (κ1) is 12.9. The molecule has 0 spiro atoms. The van der Waals surface area contributed by atoms with E-state index in [1.54, 1.807) is 0 Å². The average Bonchev–Trinajstić information content (AvgIpc) is 1.78. The third kappa shape index (κ3) is 1.88. The predicted octanol–water partition coefficient (Wildman–Crippen LogP) is 3.48. The molecule has 0 saturated carbocycles. The topological polar surface area (TPSA) is 18.5 Å². The van der Waals surface area contributed by atoms with E-state index in [1.807, 2.05) is 0 Å². The fourth-order valence-electron chi connectivity index (χ4n) is 0.560. The highest BCUT2D eigenvalue weighted by molar-refractivity contribution is 6.61. The van der Waals surface area contributed by atoms with Gasteiger partial charge in [0.2, 0.25) is 0 Å². The molecule has 14 heavy (non-hydrogen) atoms. The molecule has 1 aliphatic rings. The molecule has 0 aromatic heterocycles. The van der Waals surface area contributed by atoms with Crippen molar-refractivity contribution in [1.82, 2.24) is 0 Å². The summed E-state index contributed by atoms with van der Waals surface area (Å²) in [4.78, 5) is 0. The Kier molecular flexibility index (Phi) is 2.89. The SMILES string of the molecule is FC1(F)OC(Cl)(Cl)C(Cl)(Cl)OC1(F)F. The number of hydrogen-bond donors (Lipinski definition) is 0. The van der Waals surface area contributed by atoms with Gasteiger partial charge in [0.25, 0.3) is 9.04 Å². The van der Waals surface area contributed by atoms with Crippen LogP contribution in [0.1, 0.15) is 0 Å². The molecule has 1 rings (SSSR count). The zero-order valence-electron chi connectivity index (χ0n) is 5.84. The quantitative estimate of drug-likeness (QED) is 0.503. The Bertz CT molecular complexity index is 206. The maximum absolute atomic E-state index is 12.4. The second-order valence-corrected chi connectivity index (χ2v) is 4.79. The van der Waals surface area contributed by atoms with Crippen molar-refractivity contribution in [2.75, 3.05) is 0 Å². The zero-order chi connectivity index (χ0) is 11.4. The predicted molar refractivity (Wildman–Crippen MR) is 40.9 cm³/mol. The normalized spacial score (nSPS) is 32.6. The summed E-state index contributed by atoms with van der Waals surface area (Å²) in [5, 5.41) is 0. The molecule has 0 bridgehead atoms. The molecule has 0 aromatic carbocycles. The molecule has 0 aliphatic carbocycles. The van der Waals surface area contributed by atoms with Crippen molar-refractivity contribution in [3.8, 4) is 0 Å². The standard InChI is InChI=1S/C4Cl4F4O2/c5-1(6)2(7,8)14-4(11,12)3(9,10)13-1. The number of rotatable bonds is 0. The number of halogens is 8. The molecule has 0 amide bonds. The Hall–Kier alpha value is 0.800. The van der Waals surface area contributed by atoms with Gasteiger partial charge in [-0.05, 0) is 0 Å². The monoisotopic (exact) mass is 296 g/mol. The van der Waals surface area contributed by atoms with Gasteiger partial charge in [-0.1, -0.05) is 46.4 Å². The van der Waals surface area contributed by atoms with E-state index in [4.69, 9.17) is 46.4 Å². The van der Waals surface area contributed by atoms with Gasteiger partial charge in [-0.3, -0.25) is 9.47 Å². The second-order valence-electron chi connectivity index (χ2n) is 2.27. The Morgan fingerprint density at radius 3 is 1.07 bits per heavy atom. The number of alkyl halides is 8. The first-order chi connectivity index (χ1) is 5.91. The van der Waals surface area contributed by atoms with Crippen molar-refractivity contribution in [1.29, 1.82) is 0 Å². The highest BCUT2D eigenvalue weighted by Crippen LogP contribution is 2.57. The van der Waals surface area contributed by atoms with Gasteiger partial charge >= 0.3 is 12.2 Å². The van der Waals surface area contributed by atoms with Crippen LogP contribution in [0.4, 0.5) is 17.6 Å². The smallest absolute Gasteiger partial charge is 0.271 e. The van der Waals surface area contributed by atoms with Gasteiger partial charge in [0.15, 0.2) is 0 Å². The van der Waals surface area contributed by atoms with Gasteiger partial charge in [0.1, 0.15) is 0 Å². The first-order valence-electron chi connectivity index (χ1n) is 2.83. The molecule has 1 aliphatic heterocycles. The largest absolute Gasteiger partial charge is 0.451 e. The summed E-state index contributed by atoms with van der Waals surface area (Å²) in [6.45, 7) is 0. The van der Waals surface area contributed by atoms with Crippen LogP contribution < -0.4 is 0 Å². The molecule has 10 heteroatoms. The Labute approximate surface area is 94.9 Å². The van der Waals surface area contributed by atoms with Crippen molar-refractivity contribution >= 4 is 46.4 Å². The van der Waals surface area contributed by atoms with Gasteiger partial charge in [-0.15, -0.1) is 0 Å². The zero-order valence-corrected chi connectivity index (χ0v) is 8.86. The van der Waals surface area contributed by atoms with E-state index < -0.39 is 21.3 Å². The minimum Gasteiger partial charge on any atom is -0.271 e. The van der Waals surface area contributed by atoms with Crippen LogP contribution in [-0.4, -0.2) is 21.3 Å². The summed E-state index contributed by atoms with van der Waals surface area (Å²) in [6, 6.07) is 0. The maximum Gasteiger partial charge on any atom is 0.451 e. The summed E-state index contributed by atoms with van der Waals surface area (Å²) >= 11 is 20.1. The van der Waals surface area contributed by atoms with Crippen molar-refractivity contribution in [3.05, 3.63) is 0 Å². The minimum atomic E-state index is -5.02. The van der Waals surface area contributed by atoms with Crippen LogP contribution in [0.25, 0.3) is 0 Å². The van der Waals surface area contributed by atoms with Gasteiger partial charge < -0.3 is 0 Å². The summed E-state index contributed by atoms with van der Waals surface area (Å²) in [6.07, 6.45) is -10.0. The third-order valence-corrected chi connectivity index (χ3v) is 2.95. The first-order valence-corrected chi connectivity index (χ1v) is 4.34. The lowest BCUT2D eigenvalue weighted by molar-refractivity contribution is -0.483. The Morgan fingerprint density at radius 1 is 0.643 bits per heavy atom. The summed E-state index contributed by atoms with van der Waals surface area (Å²) in [7, 11) is 0. The van der Waals surface area contributed by atoms with E-state index in [0.29, 0.717) is 0 Å². The van der Waals surface area contributed by atoms with Crippen molar-refractivity contribution in [3.63, 3.8) is 0 Å². The molecule has 0 radical (unpaired) electrons. The molecular formula is C4Cl4F4O2. The minimum absolute atomic E-state index is 3.01. The molecule has 1 fully saturated rings. The third-order valence-electron chi connectivity index (χ3n) is 1.19. The lowest BCUT2D eigenvalue weighted by atomic mass is 10.5. The molecular weight excluding hydrogens is 298 g/mol. The van der Waals surface area contributed by atoms with Crippen LogP contribution in [0.2, 0.25) is 0 Å². The van der Waals surface area contributed by atoms with E-state index >= 15 is 0 Å². The fourth-order valence-corrected chi connectivity index (χ4v) is 1.10. The van der Waals surface area contributed by atoms with Gasteiger partial charge in [0, 0.05) is 0 Å². The number of ether oxygens (including phenoxy) is 2. The van der Waals surface area contributed by atoms with Crippen LogP contribution in [-0.2, 0) is 9.47 Å². The fraction of sp³-hybridized carbons (Fsp3) is 1.00.